The van der Waals surface area contributed by atoms with E-state index in [1.807, 2.05) is 18.2 Å². The van der Waals surface area contributed by atoms with E-state index in [2.05, 4.69) is 49.1 Å². The minimum atomic E-state index is 0. The minimum Gasteiger partial charge on any atom is -0.493 e. The van der Waals surface area contributed by atoms with Gasteiger partial charge in [-0.15, -0.1) is 12.4 Å². The van der Waals surface area contributed by atoms with Crippen LogP contribution in [-0.4, -0.2) is 31.1 Å². The van der Waals surface area contributed by atoms with Crippen molar-refractivity contribution in [3.63, 3.8) is 0 Å². The standard InChI is InChI=1S/C22H30ClNO.ClH/c1-3-14-24(15-4-2)16-12-20-10-11-21(23)18-22(20)25-17-13-19-8-6-5-7-9-19;/h5-11,18H,3-4,12-17H2,1-2H3;1H. The van der Waals surface area contributed by atoms with Crippen molar-refractivity contribution >= 4 is 24.0 Å². The smallest absolute Gasteiger partial charge is 0.124 e. The Morgan fingerprint density at radius 1 is 0.885 bits per heavy atom. The van der Waals surface area contributed by atoms with E-state index in [9.17, 15) is 0 Å². The molecule has 2 rings (SSSR count). The molecule has 0 bridgehead atoms. The molecule has 0 saturated heterocycles. The van der Waals surface area contributed by atoms with Crippen LogP contribution >= 0.6 is 24.0 Å². The first-order valence-electron chi connectivity index (χ1n) is 9.40. The summed E-state index contributed by atoms with van der Waals surface area (Å²) in [6.07, 6.45) is 4.30. The van der Waals surface area contributed by atoms with E-state index in [-0.39, 0.29) is 12.4 Å². The van der Waals surface area contributed by atoms with Crippen molar-refractivity contribution in [2.75, 3.05) is 26.2 Å². The highest BCUT2D eigenvalue weighted by atomic mass is 35.5. The lowest BCUT2D eigenvalue weighted by molar-refractivity contribution is 0.274. The second-order valence-corrected chi connectivity index (χ2v) is 6.86. The van der Waals surface area contributed by atoms with Crippen molar-refractivity contribution in [3.8, 4) is 5.75 Å². The summed E-state index contributed by atoms with van der Waals surface area (Å²) in [5.41, 5.74) is 2.54. The quantitative estimate of drug-likeness (QED) is 0.459. The molecule has 0 unspecified atom stereocenters. The van der Waals surface area contributed by atoms with E-state index in [1.54, 1.807) is 0 Å². The van der Waals surface area contributed by atoms with Gasteiger partial charge in [0.15, 0.2) is 0 Å². The summed E-state index contributed by atoms with van der Waals surface area (Å²) in [5, 5.41) is 0.734. The molecule has 26 heavy (non-hydrogen) atoms. The normalized spacial score (nSPS) is 10.6. The summed E-state index contributed by atoms with van der Waals surface area (Å²) in [5.74, 6) is 0.927. The van der Waals surface area contributed by atoms with Gasteiger partial charge in [-0.05, 0) is 55.6 Å². The fourth-order valence-electron chi connectivity index (χ4n) is 3.04. The number of ether oxygens (including phenoxy) is 1. The van der Waals surface area contributed by atoms with E-state index in [0.717, 1.165) is 43.2 Å². The maximum atomic E-state index is 6.18. The summed E-state index contributed by atoms with van der Waals surface area (Å²) in [6, 6.07) is 16.5. The topological polar surface area (TPSA) is 12.5 Å². The van der Waals surface area contributed by atoms with Crippen LogP contribution in [0.3, 0.4) is 0 Å². The third-order valence-electron chi connectivity index (χ3n) is 4.30. The Kier molecular flexibility index (Phi) is 11.4. The van der Waals surface area contributed by atoms with Gasteiger partial charge in [0.1, 0.15) is 5.75 Å². The van der Waals surface area contributed by atoms with E-state index in [4.69, 9.17) is 16.3 Å². The van der Waals surface area contributed by atoms with Crippen LogP contribution in [0, 0.1) is 0 Å². The van der Waals surface area contributed by atoms with E-state index in [1.165, 1.54) is 24.0 Å². The molecule has 0 radical (unpaired) electrons. The molecular formula is C22H31Cl2NO. The van der Waals surface area contributed by atoms with Gasteiger partial charge in [-0.25, -0.2) is 0 Å². The molecule has 0 saturated carbocycles. The zero-order valence-corrected chi connectivity index (χ0v) is 17.5. The predicted molar refractivity (Wildman–Crippen MR) is 115 cm³/mol. The van der Waals surface area contributed by atoms with Crippen molar-refractivity contribution in [1.29, 1.82) is 0 Å². The first kappa shape index (κ1) is 22.8. The van der Waals surface area contributed by atoms with Gasteiger partial charge in [-0.1, -0.05) is 61.8 Å². The lowest BCUT2D eigenvalue weighted by atomic mass is 10.1. The number of benzene rings is 2. The largest absolute Gasteiger partial charge is 0.493 e. The molecule has 0 aliphatic heterocycles. The molecule has 0 atom stereocenters. The number of hydrogen-bond donors (Lipinski definition) is 0. The Hall–Kier alpha value is -1.22. The first-order chi connectivity index (χ1) is 12.2. The molecule has 0 aliphatic carbocycles. The molecule has 2 aromatic rings. The van der Waals surface area contributed by atoms with Crippen LogP contribution in [0.25, 0.3) is 0 Å². The highest BCUT2D eigenvalue weighted by Crippen LogP contribution is 2.24. The second-order valence-electron chi connectivity index (χ2n) is 6.43. The van der Waals surface area contributed by atoms with Gasteiger partial charge < -0.3 is 9.64 Å². The molecule has 0 fully saturated rings. The highest BCUT2D eigenvalue weighted by Gasteiger charge is 2.08. The number of halogens is 2. The van der Waals surface area contributed by atoms with Gasteiger partial charge >= 0.3 is 0 Å². The van der Waals surface area contributed by atoms with Crippen LogP contribution in [0.5, 0.6) is 5.75 Å². The van der Waals surface area contributed by atoms with Gasteiger partial charge in [-0.3, -0.25) is 0 Å². The van der Waals surface area contributed by atoms with Gasteiger partial charge in [0, 0.05) is 18.0 Å². The van der Waals surface area contributed by atoms with Gasteiger partial charge in [0.25, 0.3) is 0 Å². The van der Waals surface area contributed by atoms with Crippen molar-refractivity contribution in [2.45, 2.75) is 39.5 Å². The third kappa shape index (κ3) is 7.99. The number of hydrogen-bond acceptors (Lipinski definition) is 2. The molecular weight excluding hydrogens is 365 g/mol. The van der Waals surface area contributed by atoms with Gasteiger partial charge in [0.2, 0.25) is 0 Å². The van der Waals surface area contributed by atoms with Crippen LogP contribution in [0.15, 0.2) is 48.5 Å². The molecule has 2 aromatic carbocycles. The van der Waals surface area contributed by atoms with Gasteiger partial charge in [-0.2, -0.15) is 0 Å². The van der Waals surface area contributed by atoms with Gasteiger partial charge in [0.05, 0.1) is 6.61 Å². The van der Waals surface area contributed by atoms with Crippen molar-refractivity contribution in [1.82, 2.24) is 4.90 Å². The molecule has 0 amide bonds. The van der Waals surface area contributed by atoms with E-state index < -0.39 is 0 Å². The highest BCUT2D eigenvalue weighted by molar-refractivity contribution is 6.30. The Bertz CT molecular complexity index is 613. The summed E-state index contributed by atoms with van der Waals surface area (Å²) in [7, 11) is 0. The maximum absolute atomic E-state index is 6.18. The predicted octanol–water partition coefficient (Wildman–Crippen LogP) is 6.05. The average Bonchev–Trinajstić information content (AvgIpc) is 2.62. The molecule has 0 heterocycles. The van der Waals surface area contributed by atoms with Crippen molar-refractivity contribution < 1.29 is 4.74 Å². The zero-order chi connectivity index (χ0) is 17.9. The fraction of sp³-hybridized carbons (Fsp3) is 0.455. The summed E-state index contributed by atoms with van der Waals surface area (Å²) >= 11 is 6.18. The van der Waals surface area contributed by atoms with E-state index >= 15 is 0 Å². The molecule has 0 aromatic heterocycles. The number of nitrogens with zero attached hydrogens (tertiary/aromatic N) is 1. The fourth-order valence-corrected chi connectivity index (χ4v) is 3.20. The summed E-state index contributed by atoms with van der Waals surface area (Å²) in [4.78, 5) is 2.53. The number of rotatable bonds is 11. The Morgan fingerprint density at radius 2 is 1.58 bits per heavy atom. The third-order valence-corrected chi connectivity index (χ3v) is 4.53. The van der Waals surface area contributed by atoms with Crippen molar-refractivity contribution in [3.05, 3.63) is 64.7 Å². The van der Waals surface area contributed by atoms with Crippen LogP contribution in [0.4, 0.5) is 0 Å². The lowest BCUT2D eigenvalue weighted by Gasteiger charge is -2.21. The van der Waals surface area contributed by atoms with Crippen molar-refractivity contribution in [2.24, 2.45) is 0 Å². The lowest BCUT2D eigenvalue weighted by Crippen LogP contribution is -2.27. The molecule has 0 spiro atoms. The Balaban J connectivity index is 0.00000338. The first-order valence-corrected chi connectivity index (χ1v) is 9.78. The monoisotopic (exact) mass is 395 g/mol. The molecule has 4 heteroatoms. The van der Waals surface area contributed by atoms with Crippen LogP contribution in [0.2, 0.25) is 5.02 Å². The maximum Gasteiger partial charge on any atom is 0.124 e. The molecule has 0 aliphatic rings. The van der Waals surface area contributed by atoms with Crippen LogP contribution in [0.1, 0.15) is 37.8 Å². The average molecular weight is 396 g/mol. The SMILES string of the molecule is CCCN(CCC)CCc1ccc(Cl)cc1OCCc1ccccc1.Cl. The Labute approximate surface area is 169 Å². The Morgan fingerprint density at radius 3 is 2.23 bits per heavy atom. The molecule has 144 valence electrons. The minimum absolute atomic E-state index is 0. The molecule has 2 nitrogen and oxygen atoms in total. The van der Waals surface area contributed by atoms with E-state index in [0.29, 0.717) is 6.61 Å². The molecule has 0 N–H and O–H groups in total. The zero-order valence-electron chi connectivity index (χ0n) is 15.9. The van der Waals surface area contributed by atoms with Crippen LogP contribution < -0.4 is 4.74 Å². The summed E-state index contributed by atoms with van der Waals surface area (Å²) in [6.45, 7) is 8.53. The van der Waals surface area contributed by atoms with Crippen LogP contribution in [-0.2, 0) is 12.8 Å². The summed E-state index contributed by atoms with van der Waals surface area (Å²) < 4.78 is 6.07. The second kappa shape index (κ2) is 13.0.